The van der Waals surface area contributed by atoms with E-state index in [4.69, 9.17) is 4.52 Å². The lowest BCUT2D eigenvalue weighted by Gasteiger charge is -2.05. The zero-order valence-electron chi connectivity index (χ0n) is 13.2. The predicted octanol–water partition coefficient (Wildman–Crippen LogP) is 3.48. The van der Waals surface area contributed by atoms with E-state index >= 15 is 0 Å². The molecule has 0 aliphatic heterocycles. The fourth-order valence-corrected chi connectivity index (χ4v) is 2.09. The van der Waals surface area contributed by atoms with Crippen molar-refractivity contribution in [3.63, 3.8) is 0 Å². The maximum atomic E-state index is 5.32. The lowest BCUT2D eigenvalue weighted by Crippen LogP contribution is -2.24. The standard InChI is InChI=1S/C17H23N3O/c1-5-14(15-8-6-12(2)7-9-15)11-17-19-16(20-21-17)10-13(3)18-4/h6-9,11,13,18H,5,10H2,1-4H3/b14-11-. The number of benzene rings is 1. The second-order valence-corrected chi connectivity index (χ2v) is 5.33. The first-order valence-electron chi connectivity index (χ1n) is 7.39. The SMILES string of the molecule is CC/C(=C/c1nc(CC(C)NC)no1)c1ccc(C)cc1. The molecule has 21 heavy (non-hydrogen) atoms. The molecule has 0 saturated carbocycles. The smallest absolute Gasteiger partial charge is 0.250 e. The summed E-state index contributed by atoms with van der Waals surface area (Å²) in [5.41, 5.74) is 3.66. The molecule has 112 valence electrons. The highest BCUT2D eigenvalue weighted by Crippen LogP contribution is 2.21. The zero-order chi connectivity index (χ0) is 15.2. The normalized spacial score (nSPS) is 13.4. The quantitative estimate of drug-likeness (QED) is 0.883. The van der Waals surface area contributed by atoms with Gasteiger partial charge in [0, 0.05) is 18.5 Å². The summed E-state index contributed by atoms with van der Waals surface area (Å²) in [5.74, 6) is 1.31. The summed E-state index contributed by atoms with van der Waals surface area (Å²) in [4.78, 5) is 4.43. The highest BCUT2D eigenvalue weighted by atomic mass is 16.5. The number of nitrogens with one attached hydrogen (secondary N) is 1. The highest BCUT2D eigenvalue weighted by Gasteiger charge is 2.09. The van der Waals surface area contributed by atoms with Gasteiger partial charge in [0.2, 0.25) is 0 Å². The molecule has 4 heteroatoms. The molecule has 1 N–H and O–H groups in total. The monoisotopic (exact) mass is 285 g/mol. The Morgan fingerprint density at radius 1 is 1.33 bits per heavy atom. The van der Waals surface area contributed by atoms with Crippen LogP contribution in [0.4, 0.5) is 0 Å². The van der Waals surface area contributed by atoms with Crippen molar-refractivity contribution < 1.29 is 4.52 Å². The van der Waals surface area contributed by atoms with E-state index in [1.54, 1.807) is 0 Å². The molecule has 0 bridgehead atoms. The zero-order valence-corrected chi connectivity index (χ0v) is 13.2. The van der Waals surface area contributed by atoms with Crippen LogP contribution in [-0.4, -0.2) is 23.2 Å². The molecule has 0 amide bonds. The third kappa shape index (κ3) is 4.26. The Morgan fingerprint density at radius 2 is 2.05 bits per heavy atom. The summed E-state index contributed by atoms with van der Waals surface area (Å²) in [6.45, 7) is 6.31. The Morgan fingerprint density at radius 3 is 2.67 bits per heavy atom. The van der Waals surface area contributed by atoms with Gasteiger partial charge in [0.05, 0.1) is 0 Å². The molecule has 0 fully saturated rings. The van der Waals surface area contributed by atoms with Gasteiger partial charge in [-0.2, -0.15) is 4.98 Å². The van der Waals surface area contributed by atoms with E-state index in [-0.39, 0.29) is 0 Å². The van der Waals surface area contributed by atoms with Crippen LogP contribution in [0.5, 0.6) is 0 Å². The van der Waals surface area contributed by atoms with Crippen LogP contribution in [0, 0.1) is 6.92 Å². The number of aromatic nitrogens is 2. The molecule has 1 atom stereocenters. The van der Waals surface area contributed by atoms with Gasteiger partial charge >= 0.3 is 0 Å². The van der Waals surface area contributed by atoms with E-state index in [9.17, 15) is 0 Å². The lowest BCUT2D eigenvalue weighted by molar-refractivity contribution is 0.400. The van der Waals surface area contributed by atoms with Gasteiger partial charge in [0.25, 0.3) is 5.89 Å². The minimum Gasteiger partial charge on any atom is -0.335 e. The average Bonchev–Trinajstić information content (AvgIpc) is 2.93. The molecule has 0 spiro atoms. The summed E-state index contributed by atoms with van der Waals surface area (Å²) in [6, 6.07) is 8.83. The molecule has 2 rings (SSSR count). The molecule has 1 heterocycles. The van der Waals surface area contributed by atoms with Gasteiger partial charge < -0.3 is 9.84 Å². The molecule has 0 saturated heterocycles. The summed E-state index contributed by atoms with van der Waals surface area (Å²) >= 11 is 0. The molecular weight excluding hydrogens is 262 g/mol. The van der Waals surface area contributed by atoms with Crippen LogP contribution in [-0.2, 0) is 6.42 Å². The largest absolute Gasteiger partial charge is 0.335 e. The number of hydrogen-bond donors (Lipinski definition) is 1. The fourth-order valence-electron chi connectivity index (χ4n) is 2.09. The van der Waals surface area contributed by atoms with Gasteiger partial charge in [-0.3, -0.25) is 0 Å². The maximum Gasteiger partial charge on any atom is 0.250 e. The predicted molar refractivity (Wildman–Crippen MR) is 85.9 cm³/mol. The first-order valence-corrected chi connectivity index (χ1v) is 7.39. The van der Waals surface area contributed by atoms with Crippen LogP contribution < -0.4 is 5.32 Å². The summed E-state index contributed by atoms with van der Waals surface area (Å²) in [6.07, 6.45) is 3.67. The topological polar surface area (TPSA) is 51.0 Å². The van der Waals surface area contributed by atoms with Crippen LogP contribution in [0.1, 0.15) is 43.1 Å². The van der Waals surface area contributed by atoms with E-state index in [2.05, 4.69) is 60.5 Å². The highest BCUT2D eigenvalue weighted by molar-refractivity contribution is 5.79. The minimum absolute atomic E-state index is 0.335. The molecule has 4 nitrogen and oxygen atoms in total. The number of hydrogen-bond acceptors (Lipinski definition) is 4. The number of allylic oxidation sites excluding steroid dienone is 1. The molecular formula is C17H23N3O. The number of rotatable bonds is 6. The van der Waals surface area contributed by atoms with Gasteiger partial charge in [-0.05, 0) is 38.5 Å². The van der Waals surface area contributed by atoms with Crippen LogP contribution in [0.15, 0.2) is 28.8 Å². The number of likely N-dealkylation sites (N-methyl/N-ethyl adjacent to an activating group) is 1. The van der Waals surface area contributed by atoms with E-state index < -0.39 is 0 Å². The van der Waals surface area contributed by atoms with E-state index in [0.29, 0.717) is 11.9 Å². The number of nitrogens with zero attached hydrogens (tertiary/aromatic N) is 2. The Balaban J connectivity index is 2.18. The Kier molecular flexibility index (Phi) is 5.28. The average molecular weight is 285 g/mol. The first-order chi connectivity index (χ1) is 10.1. The summed E-state index contributed by atoms with van der Waals surface area (Å²) in [5, 5.41) is 7.20. The van der Waals surface area contributed by atoms with Crippen molar-refractivity contribution in [1.82, 2.24) is 15.5 Å². The van der Waals surface area contributed by atoms with Crippen molar-refractivity contribution >= 4 is 11.6 Å². The molecule has 0 aliphatic rings. The first kappa shape index (κ1) is 15.4. The number of aryl methyl sites for hydroxylation is 1. The Labute approximate surface area is 126 Å². The van der Waals surface area contributed by atoms with Gasteiger partial charge in [-0.15, -0.1) is 0 Å². The summed E-state index contributed by atoms with van der Waals surface area (Å²) < 4.78 is 5.32. The minimum atomic E-state index is 0.335. The third-order valence-corrected chi connectivity index (χ3v) is 3.57. The van der Waals surface area contributed by atoms with Crippen molar-refractivity contribution in [2.45, 2.75) is 39.7 Å². The fraction of sp³-hybridized carbons (Fsp3) is 0.412. The van der Waals surface area contributed by atoms with Crippen LogP contribution in [0.25, 0.3) is 11.6 Å². The second kappa shape index (κ2) is 7.18. The lowest BCUT2D eigenvalue weighted by atomic mass is 10.0. The van der Waals surface area contributed by atoms with Crippen molar-refractivity contribution in [2.24, 2.45) is 0 Å². The Hall–Kier alpha value is -1.94. The summed E-state index contributed by atoms with van der Waals surface area (Å²) in [7, 11) is 1.93. The van der Waals surface area contributed by atoms with Crippen molar-refractivity contribution in [2.75, 3.05) is 7.05 Å². The molecule has 1 unspecified atom stereocenters. The molecule has 1 aromatic carbocycles. The Bertz CT molecular complexity index is 599. The van der Waals surface area contributed by atoms with Crippen LogP contribution in [0.3, 0.4) is 0 Å². The van der Waals surface area contributed by atoms with Crippen LogP contribution in [0.2, 0.25) is 0 Å². The molecule has 0 aliphatic carbocycles. The van der Waals surface area contributed by atoms with E-state index in [1.165, 1.54) is 16.7 Å². The third-order valence-electron chi connectivity index (χ3n) is 3.57. The molecule has 0 radical (unpaired) electrons. The van der Waals surface area contributed by atoms with Gasteiger partial charge in [-0.25, -0.2) is 0 Å². The van der Waals surface area contributed by atoms with Crippen molar-refractivity contribution in [3.8, 4) is 0 Å². The van der Waals surface area contributed by atoms with Crippen molar-refractivity contribution in [3.05, 3.63) is 47.1 Å². The molecule has 2 aromatic rings. The maximum absolute atomic E-state index is 5.32. The van der Waals surface area contributed by atoms with E-state index in [1.807, 2.05) is 13.1 Å². The van der Waals surface area contributed by atoms with Gasteiger partial charge in [-0.1, -0.05) is 41.9 Å². The van der Waals surface area contributed by atoms with E-state index in [0.717, 1.165) is 18.7 Å². The van der Waals surface area contributed by atoms with Gasteiger partial charge in [0.15, 0.2) is 5.82 Å². The van der Waals surface area contributed by atoms with Crippen LogP contribution >= 0.6 is 0 Å². The van der Waals surface area contributed by atoms with Gasteiger partial charge in [0.1, 0.15) is 0 Å². The molecule has 1 aromatic heterocycles. The second-order valence-electron chi connectivity index (χ2n) is 5.33. The van der Waals surface area contributed by atoms with Crippen molar-refractivity contribution in [1.29, 1.82) is 0 Å².